The van der Waals surface area contributed by atoms with Gasteiger partial charge in [-0.05, 0) is 42.3 Å². The van der Waals surface area contributed by atoms with Crippen molar-refractivity contribution in [1.82, 2.24) is 15.5 Å². The zero-order valence-electron chi connectivity index (χ0n) is 14.7. The molecule has 1 amide bonds. The van der Waals surface area contributed by atoms with Gasteiger partial charge < -0.3 is 15.4 Å². The van der Waals surface area contributed by atoms with Gasteiger partial charge in [0, 0.05) is 18.3 Å². The van der Waals surface area contributed by atoms with E-state index in [-0.39, 0.29) is 11.6 Å². The smallest absolute Gasteiger partial charge is 0.272 e. The molecule has 3 aromatic rings. The predicted molar refractivity (Wildman–Crippen MR) is 101 cm³/mol. The van der Waals surface area contributed by atoms with E-state index in [1.165, 1.54) is 0 Å². The van der Waals surface area contributed by atoms with Crippen LogP contribution in [0.3, 0.4) is 0 Å². The van der Waals surface area contributed by atoms with Gasteiger partial charge in [-0.3, -0.25) is 4.79 Å². The first kappa shape index (κ1) is 17.4. The second-order valence-corrected chi connectivity index (χ2v) is 5.77. The van der Waals surface area contributed by atoms with Crippen LogP contribution in [-0.2, 0) is 6.54 Å². The van der Waals surface area contributed by atoms with Crippen LogP contribution in [0.5, 0.6) is 5.75 Å². The topological polar surface area (TPSA) is 76.1 Å². The summed E-state index contributed by atoms with van der Waals surface area (Å²) in [6.45, 7) is 2.47. The minimum Gasteiger partial charge on any atom is -0.497 e. The number of aromatic nitrogens is 2. The molecule has 0 aliphatic carbocycles. The van der Waals surface area contributed by atoms with Gasteiger partial charge in [-0.2, -0.15) is 0 Å². The molecule has 0 saturated heterocycles. The molecule has 0 aliphatic heterocycles. The van der Waals surface area contributed by atoms with E-state index in [2.05, 4.69) is 20.8 Å². The molecular formula is C20H20N4O2. The fourth-order valence-corrected chi connectivity index (χ4v) is 2.44. The van der Waals surface area contributed by atoms with Crippen molar-refractivity contribution in [2.45, 2.75) is 13.5 Å². The molecule has 132 valence electrons. The highest BCUT2D eigenvalue weighted by Gasteiger charge is 2.09. The Kier molecular flexibility index (Phi) is 5.43. The van der Waals surface area contributed by atoms with Crippen molar-refractivity contribution >= 4 is 17.4 Å². The molecule has 0 unspecified atom stereocenters. The van der Waals surface area contributed by atoms with Crippen LogP contribution in [0.4, 0.5) is 11.5 Å². The summed E-state index contributed by atoms with van der Waals surface area (Å²) in [5.74, 6) is 1.04. The second kappa shape index (κ2) is 8.11. The van der Waals surface area contributed by atoms with Crippen molar-refractivity contribution in [3.05, 3.63) is 77.5 Å². The Morgan fingerprint density at radius 3 is 2.62 bits per heavy atom. The minimum absolute atomic E-state index is 0.256. The van der Waals surface area contributed by atoms with Crippen molar-refractivity contribution in [2.75, 3.05) is 12.4 Å². The standard InChI is InChI=1S/C20H20N4O2/c1-14-6-3-4-7-15(14)13-21-20(25)18-10-11-19(24-23-18)22-16-8-5-9-17(12-16)26-2/h3-12H,13H2,1-2H3,(H,21,25)(H,22,24). The zero-order chi connectivity index (χ0) is 18.4. The van der Waals surface area contributed by atoms with Crippen LogP contribution in [0.1, 0.15) is 21.6 Å². The van der Waals surface area contributed by atoms with Crippen LogP contribution < -0.4 is 15.4 Å². The first-order valence-electron chi connectivity index (χ1n) is 8.23. The Bertz CT molecular complexity index is 894. The molecule has 0 fully saturated rings. The van der Waals surface area contributed by atoms with E-state index in [1.807, 2.05) is 55.5 Å². The maximum atomic E-state index is 12.2. The average Bonchev–Trinajstić information content (AvgIpc) is 2.68. The van der Waals surface area contributed by atoms with Crippen LogP contribution in [0.15, 0.2) is 60.7 Å². The molecule has 0 saturated carbocycles. The lowest BCUT2D eigenvalue weighted by Gasteiger charge is -2.08. The van der Waals surface area contributed by atoms with E-state index in [0.29, 0.717) is 12.4 Å². The lowest BCUT2D eigenvalue weighted by Crippen LogP contribution is -2.24. The highest BCUT2D eigenvalue weighted by Crippen LogP contribution is 2.19. The Morgan fingerprint density at radius 1 is 1.04 bits per heavy atom. The summed E-state index contributed by atoms with van der Waals surface area (Å²) in [5.41, 5.74) is 3.31. The predicted octanol–water partition coefficient (Wildman–Crippen LogP) is 3.47. The number of carbonyl (C=O) groups excluding carboxylic acids is 1. The number of hydrogen-bond acceptors (Lipinski definition) is 5. The molecule has 0 aliphatic rings. The van der Waals surface area contributed by atoms with Gasteiger partial charge in [0.15, 0.2) is 11.5 Å². The van der Waals surface area contributed by atoms with E-state index in [1.54, 1.807) is 19.2 Å². The van der Waals surface area contributed by atoms with Crippen LogP contribution in [0.25, 0.3) is 0 Å². The number of methoxy groups -OCH3 is 1. The zero-order valence-corrected chi connectivity index (χ0v) is 14.7. The lowest BCUT2D eigenvalue weighted by atomic mass is 10.1. The number of nitrogens with one attached hydrogen (secondary N) is 2. The van der Waals surface area contributed by atoms with Gasteiger partial charge in [0.25, 0.3) is 5.91 Å². The molecular weight excluding hydrogens is 328 g/mol. The first-order valence-corrected chi connectivity index (χ1v) is 8.23. The molecule has 2 N–H and O–H groups in total. The summed E-state index contributed by atoms with van der Waals surface area (Å²) < 4.78 is 5.19. The highest BCUT2D eigenvalue weighted by atomic mass is 16.5. The number of ether oxygens (including phenoxy) is 1. The van der Waals surface area contributed by atoms with Crippen molar-refractivity contribution in [2.24, 2.45) is 0 Å². The van der Waals surface area contributed by atoms with Crippen LogP contribution in [-0.4, -0.2) is 23.2 Å². The summed E-state index contributed by atoms with van der Waals surface area (Å²) in [5, 5.41) is 14.0. The van der Waals surface area contributed by atoms with Crippen molar-refractivity contribution in [3.8, 4) is 5.75 Å². The SMILES string of the molecule is COc1cccc(Nc2ccc(C(=O)NCc3ccccc3C)nn2)c1. The molecule has 0 spiro atoms. The van der Waals surface area contributed by atoms with Gasteiger partial charge in [0.2, 0.25) is 0 Å². The van der Waals surface area contributed by atoms with Crippen molar-refractivity contribution < 1.29 is 9.53 Å². The van der Waals surface area contributed by atoms with Crippen molar-refractivity contribution in [1.29, 1.82) is 0 Å². The number of rotatable bonds is 6. The van der Waals surface area contributed by atoms with E-state index in [9.17, 15) is 4.79 Å². The van der Waals surface area contributed by atoms with Gasteiger partial charge in [0.1, 0.15) is 5.75 Å². The highest BCUT2D eigenvalue weighted by molar-refractivity contribution is 5.92. The van der Waals surface area contributed by atoms with Gasteiger partial charge in [0.05, 0.1) is 7.11 Å². The Labute approximate surface area is 152 Å². The quantitative estimate of drug-likeness (QED) is 0.713. The maximum absolute atomic E-state index is 12.2. The number of nitrogens with zero attached hydrogens (tertiary/aromatic N) is 2. The summed E-state index contributed by atoms with van der Waals surface area (Å²) in [6, 6.07) is 18.8. The van der Waals surface area contributed by atoms with Crippen LogP contribution in [0, 0.1) is 6.92 Å². The molecule has 2 aromatic carbocycles. The number of amides is 1. The molecule has 26 heavy (non-hydrogen) atoms. The number of benzene rings is 2. The number of aryl methyl sites for hydroxylation is 1. The third-order valence-corrected chi connectivity index (χ3v) is 3.94. The van der Waals surface area contributed by atoms with Crippen LogP contribution >= 0.6 is 0 Å². The Morgan fingerprint density at radius 2 is 1.88 bits per heavy atom. The molecule has 0 atom stereocenters. The first-order chi connectivity index (χ1) is 12.7. The normalized spacial score (nSPS) is 10.2. The molecule has 3 rings (SSSR count). The number of carbonyl (C=O) groups is 1. The van der Waals surface area contributed by atoms with E-state index >= 15 is 0 Å². The van der Waals surface area contributed by atoms with E-state index in [4.69, 9.17) is 4.74 Å². The van der Waals surface area contributed by atoms with Gasteiger partial charge >= 0.3 is 0 Å². The number of hydrogen-bond donors (Lipinski definition) is 2. The number of anilines is 2. The Balaban J connectivity index is 1.61. The van der Waals surface area contributed by atoms with Gasteiger partial charge in [-0.25, -0.2) is 0 Å². The lowest BCUT2D eigenvalue weighted by molar-refractivity contribution is 0.0945. The molecule has 1 heterocycles. The minimum atomic E-state index is -0.256. The third kappa shape index (κ3) is 4.36. The van der Waals surface area contributed by atoms with Crippen LogP contribution in [0.2, 0.25) is 0 Å². The Hall–Kier alpha value is -3.41. The van der Waals surface area contributed by atoms with Gasteiger partial charge in [-0.15, -0.1) is 10.2 Å². The molecule has 6 nitrogen and oxygen atoms in total. The molecule has 0 bridgehead atoms. The second-order valence-electron chi connectivity index (χ2n) is 5.77. The summed E-state index contributed by atoms with van der Waals surface area (Å²) >= 11 is 0. The third-order valence-electron chi connectivity index (χ3n) is 3.94. The summed E-state index contributed by atoms with van der Waals surface area (Å²) in [4.78, 5) is 12.2. The average molecular weight is 348 g/mol. The monoisotopic (exact) mass is 348 g/mol. The largest absolute Gasteiger partial charge is 0.497 e. The van der Waals surface area contributed by atoms with Crippen molar-refractivity contribution in [3.63, 3.8) is 0 Å². The molecule has 6 heteroatoms. The molecule has 1 aromatic heterocycles. The fraction of sp³-hybridized carbons (Fsp3) is 0.150. The molecule has 0 radical (unpaired) electrons. The van der Waals surface area contributed by atoms with E-state index in [0.717, 1.165) is 22.6 Å². The summed E-state index contributed by atoms with van der Waals surface area (Å²) in [7, 11) is 1.61. The maximum Gasteiger partial charge on any atom is 0.272 e. The van der Waals surface area contributed by atoms with Gasteiger partial charge in [-0.1, -0.05) is 30.3 Å². The fourth-order valence-electron chi connectivity index (χ4n) is 2.44. The van der Waals surface area contributed by atoms with E-state index < -0.39 is 0 Å². The summed E-state index contributed by atoms with van der Waals surface area (Å²) in [6.07, 6.45) is 0.